The van der Waals surface area contributed by atoms with Crippen LogP contribution >= 0.6 is 0 Å². The normalized spacial score (nSPS) is 29.5. The van der Waals surface area contributed by atoms with Crippen LogP contribution in [0.3, 0.4) is 0 Å². The number of aliphatic hydroxyl groups is 2. The molecular formula is C27H31N2O2+. The third kappa shape index (κ3) is 3.59. The van der Waals surface area contributed by atoms with Crippen LogP contribution in [0.15, 0.2) is 79.5 Å². The van der Waals surface area contributed by atoms with Gasteiger partial charge in [-0.2, -0.15) is 0 Å². The van der Waals surface area contributed by atoms with E-state index in [1.54, 1.807) is 6.20 Å². The fourth-order valence-electron chi connectivity index (χ4n) is 6.13. The number of benzene rings is 2. The molecule has 0 spiro atoms. The zero-order chi connectivity index (χ0) is 21.4. The summed E-state index contributed by atoms with van der Waals surface area (Å²) in [6.45, 7) is 7.00. The molecule has 160 valence electrons. The molecule has 0 saturated carbocycles. The minimum atomic E-state index is -0.940. The van der Waals surface area contributed by atoms with E-state index in [1.165, 1.54) is 5.56 Å². The fraction of sp³-hybridized carbons (Fsp3) is 0.370. The average molecular weight is 416 g/mol. The van der Waals surface area contributed by atoms with Gasteiger partial charge in [0.05, 0.1) is 18.6 Å². The molecule has 2 aromatic carbocycles. The van der Waals surface area contributed by atoms with Gasteiger partial charge >= 0.3 is 0 Å². The molecule has 4 nitrogen and oxygen atoms in total. The molecule has 0 amide bonds. The summed E-state index contributed by atoms with van der Waals surface area (Å²) in [5.74, 6) is 1.01. The van der Waals surface area contributed by atoms with Crippen LogP contribution in [0, 0.1) is 11.8 Å². The van der Waals surface area contributed by atoms with Crippen LogP contribution < -0.4 is 0 Å². The Kier molecular flexibility index (Phi) is 5.39. The molecule has 4 heteroatoms. The number of fused-ring (bicyclic) bond motifs is 4. The Labute approximate surface area is 184 Å². The number of piperidine rings is 3. The summed E-state index contributed by atoms with van der Waals surface area (Å²) >= 11 is 0. The van der Waals surface area contributed by atoms with Crippen LogP contribution in [0.25, 0.3) is 10.9 Å². The number of hydrogen-bond acceptors (Lipinski definition) is 3. The molecule has 6 rings (SSSR count). The molecule has 3 saturated heterocycles. The molecule has 2 bridgehead atoms. The Bertz CT molecular complexity index is 1060. The van der Waals surface area contributed by atoms with E-state index in [-0.39, 0.29) is 6.04 Å². The van der Waals surface area contributed by atoms with Gasteiger partial charge in [-0.1, -0.05) is 54.6 Å². The number of nitrogens with zero attached hydrogens (tertiary/aromatic N) is 2. The van der Waals surface area contributed by atoms with E-state index < -0.39 is 12.2 Å². The van der Waals surface area contributed by atoms with E-state index in [1.807, 2.05) is 36.4 Å². The lowest BCUT2D eigenvalue weighted by Crippen LogP contribution is -2.69. The van der Waals surface area contributed by atoms with E-state index in [0.717, 1.165) is 53.4 Å². The molecule has 3 aliphatic heterocycles. The van der Waals surface area contributed by atoms with Gasteiger partial charge < -0.3 is 14.7 Å². The Morgan fingerprint density at radius 2 is 1.84 bits per heavy atom. The van der Waals surface area contributed by atoms with Crippen molar-refractivity contribution in [1.29, 1.82) is 0 Å². The molecule has 0 radical (unpaired) electrons. The maximum atomic E-state index is 11.6. The van der Waals surface area contributed by atoms with Crippen LogP contribution in [0.2, 0.25) is 0 Å². The SMILES string of the molecule is C=CC1C[N@+]2(Cc3ccccc3)CC[C@H]1C[C@H]2[C@H](O)C(O)c1ccnc2ccccc12. The molecule has 3 aromatic rings. The van der Waals surface area contributed by atoms with E-state index in [2.05, 4.69) is 41.9 Å². The van der Waals surface area contributed by atoms with Crippen LogP contribution in [-0.2, 0) is 6.54 Å². The summed E-state index contributed by atoms with van der Waals surface area (Å²) in [5.41, 5.74) is 2.89. The van der Waals surface area contributed by atoms with Gasteiger partial charge in [0.25, 0.3) is 0 Å². The highest BCUT2D eigenvalue weighted by atomic mass is 16.3. The van der Waals surface area contributed by atoms with Crippen molar-refractivity contribution in [2.24, 2.45) is 11.8 Å². The van der Waals surface area contributed by atoms with Gasteiger partial charge in [0.15, 0.2) is 0 Å². The van der Waals surface area contributed by atoms with Crippen molar-refractivity contribution in [3.8, 4) is 0 Å². The Morgan fingerprint density at radius 3 is 2.65 bits per heavy atom. The van der Waals surface area contributed by atoms with Crippen molar-refractivity contribution in [1.82, 2.24) is 4.98 Å². The zero-order valence-electron chi connectivity index (χ0n) is 17.8. The predicted molar refractivity (Wildman–Crippen MR) is 123 cm³/mol. The predicted octanol–water partition coefficient (Wildman–Crippen LogP) is 4.24. The van der Waals surface area contributed by atoms with Crippen LogP contribution in [0.5, 0.6) is 0 Å². The van der Waals surface area contributed by atoms with Gasteiger partial charge in [-0.15, -0.1) is 6.58 Å². The Balaban J connectivity index is 1.50. The lowest BCUT2D eigenvalue weighted by atomic mass is 9.71. The molecule has 6 atom stereocenters. The number of pyridine rings is 1. The molecular weight excluding hydrogens is 384 g/mol. The second-order valence-corrected chi connectivity index (χ2v) is 9.37. The maximum absolute atomic E-state index is 11.6. The number of rotatable bonds is 6. The largest absolute Gasteiger partial charge is 0.385 e. The zero-order valence-corrected chi connectivity index (χ0v) is 17.8. The first-order valence-corrected chi connectivity index (χ1v) is 11.3. The number of hydrogen-bond donors (Lipinski definition) is 2. The van der Waals surface area contributed by atoms with Crippen molar-refractivity contribution in [3.63, 3.8) is 0 Å². The second kappa shape index (κ2) is 8.19. The van der Waals surface area contributed by atoms with Crippen LogP contribution in [0.1, 0.15) is 30.1 Å². The van der Waals surface area contributed by atoms with Gasteiger partial charge in [0, 0.05) is 35.9 Å². The van der Waals surface area contributed by atoms with Crippen molar-refractivity contribution in [2.75, 3.05) is 13.1 Å². The number of quaternary nitrogens is 1. The van der Waals surface area contributed by atoms with E-state index in [9.17, 15) is 10.2 Å². The maximum Gasteiger partial charge on any atom is 0.136 e. The highest BCUT2D eigenvalue weighted by Crippen LogP contribution is 2.46. The smallest absolute Gasteiger partial charge is 0.136 e. The topological polar surface area (TPSA) is 53.4 Å². The van der Waals surface area contributed by atoms with Gasteiger partial charge in [-0.25, -0.2) is 0 Å². The lowest BCUT2D eigenvalue weighted by molar-refractivity contribution is -0.984. The Hall–Kier alpha value is -2.53. The van der Waals surface area contributed by atoms with E-state index >= 15 is 0 Å². The van der Waals surface area contributed by atoms with Gasteiger partial charge in [0.1, 0.15) is 24.8 Å². The lowest BCUT2D eigenvalue weighted by Gasteiger charge is -2.58. The molecule has 3 aliphatic rings. The molecule has 0 aliphatic carbocycles. The second-order valence-electron chi connectivity index (χ2n) is 9.37. The molecule has 2 unspecified atom stereocenters. The Morgan fingerprint density at radius 1 is 1.06 bits per heavy atom. The van der Waals surface area contributed by atoms with Crippen molar-refractivity contribution in [2.45, 2.75) is 37.6 Å². The third-order valence-electron chi connectivity index (χ3n) is 7.74. The summed E-state index contributed by atoms with van der Waals surface area (Å²) in [4.78, 5) is 4.42. The summed E-state index contributed by atoms with van der Waals surface area (Å²) in [5, 5.41) is 23.8. The minimum Gasteiger partial charge on any atom is -0.385 e. The molecule has 2 N–H and O–H groups in total. The van der Waals surface area contributed by atoms with Gasteiger partial charge in [-0.05, 0) is 23.6 Å². The quantitative estimate of drug-likeness (QED) is 0.468. The molecule has 31 heavy (non-hydrogen) atoms. The summed E-state index contributed by atoms with van der Waals surface area (Å²) in [7, 11) is 0. The first-order chi connectivity index (χ1) is 15.1. The standard InChI is InChI=1S/C27H31N2O2/c1-2-20-18-29(17-19-8-4-3-5-9-19)15-13-21(20)16-25(29)27(31)26(30)23-12-14-28-24-11-7-6-10-22(23)24/h2-12,14,20-21,25-27,30-31H,1,13,15-18H2/q+1/t20?,21-,25-,26?,27-,29+/m0/s1. The average Bonchev–Trinajstić information content (AvgIpc) is 2.83. The first-order valence-electron chi connectivity index (χ1n) is 11.3. The highest BCUT2D eigenvalue weighted by Gasteiger charge is 2.54. The third-order valence-corrected chi connectivity index (χ3v) is 7.74. The highest BCUT2D eigenvalue weighted by molar-refractivity contribution is 5.82. The molecule has 4 heterocycles. The fourth-order valence-corrected chi connectivity index (χ4v) is 6.13. The first kappa shape index (κ1) is 20.4. The van der Waals surface area contributed by atoms with E-state index in [0.29, 0.717) is 11.8 Å². The van der Waals surface area contributed by atoms with Crippen molar-refractivity contribution < 1.29 is 14.7 Å². The summed E-state index contributed by atoms with van der Waals surface area (Å²) in [6, 6.07) is 20.2. The van der Waals surface area contributed by atoms with Crippen molar-refractivity contribution >= 4 is 10.9 Å². The van der Waals surface area contributed by atoms with Crippen molar-refractivity contribution in [3.05, 3.63) is 90.6 Å². The summed E-state index contributed by atoms with van der Waals surface area (Å²) in [6.07, 6.45) is 4.14. The summed E-state index contributed by atoms with van der Waals surface area (Å²) < 4.78 is 0.818. The van der Waals surface area contributed by atoms with Gasteiger partial charge in [-0.3, -0.25) is 4.98 Å². The number of aromatic nitrogens is 1. The molecule has 1 aromatic heterocycles. The van der Waals surface area contributed by atoms with E-state index in [4.69, 9.17) is 0 Å². The molecule has 3 fully saturated rings. The van der Waals surface area contributed by atoms with Crippen LogP contribution in [-0.4, -0.2) is 44.9 Å². The van der Waals surface area contributed by atoms with Gasteiger partial charge in [0.2, 0.25) is 0 Å². The number of para-hydroxylation sites is 1. The van der Waals surface area contributed by atoms with Crippen LogP contribution in [0.4, 0.5) is 0 Å². The number of aliphatic hydroxyl groups excluding tert-OH is 2. The minimum absolute atomic E-state index is 0.00270. The monoisotopic (exact) mass is 415 g/mol.